The molecule has 1 saturated carbocycles. The summed E-state index contributed by atoms with van der Waals surface area (Å²) in [4.78, 5) is 0.433. The number of hydrogen-bond acceptors (Lipinski definition) is 5. The lowest BCUT2D eigenvalue weighted by atomic mass is 10.1. The molecule has 0 unspecified atom stereocenters. The zero-order valence-corrected chi connectivity index (χ0v) is 11.0. The third-order valence-corrected chi connectivity index (χ3v) is 4.39. The van der Waals surface area contributed by atoms with Gasteiger partial charge >= 0.3 is 0 Å². The first-order valence-electron chi connectivity index (χ1n) is 6.25. The molecule has 0 bridgehead atoms. The summed E-state index contributed by atoms with van der Waals surface area (Å²) in [7, 11) is 0. The molecule has 3 N–H and O–H groups in total. The number of nitrogens with two attached hydrogens (primary N) is 1. The SMILES string of the molecule is N#Cc1sc(NC2CCCCCC2)c(C#N)c1N. The second-order valence-corrected chi connectivity index (χ2v) is 5.63. The van der Waals surface area contributed by atoms with Crippen LogP contribution in [0.1, 0.15) is 49.0 Å². The van der Waals surface area contributed by atoms with E-state index in [1.54, 1.807) is 0 Å². The summed E-state index contributed by atoms with van der Waals surface area (Å²) in [5, 5.41) is 22.2. The van der Waals surface area contributed by atoms with Crippen LogP contribution in [-0.2, 0) is 0 Å². The average molecular weight is 260 g/mol. The van der Waals surface area contributed by atoms with Gasteiger partial charge in [0, 0.05) is 6.04 Å². The van der Waals surface area contributed by atoms with Crippen LogP contribution in [-0.4, -0.2) is 6.04 Å². The Kier molecular flexibility index (Phi) is 4.07. The summed E-state index contributed by atoms with van der Waals surface area (Å²) in [6, 6.07) is 4.54. The Hall–Kier alpha value is -1.72. The van der Waals surface area contributed by atoms with E-state index in [-0.39, 0.29) is 0 Å². The summed E-state index contributed by atoms with van der Waals surface area (Å²) in [6.45, 7) is 0. The molecule has 1 aromatic rings. The van der Waals surface area contributed by atoms with Gasteiger partial charge in [-0.1, -0.05) is 25.7 Å². The van der Waals surface area contributed by atoms with Crippen molar-refractivity contribution in [3.05, 3.63) is 10.4 Å². The van der Waals surface area contributed by atoms with Crippen LogP contribution in [0.25, 0.3) is 0 Å². The van der Waals surface area contributed by atoms with E-state index >= 15 is 0 Å². The molecule has 0 spiro atoms. The van der Waals surface area contributed by atoms with Gasteiger partial charge in [-0.2, -0.15) is 10.5 Å². The highest BCUT2D eigenvalue weighted by atomic mass is 32.1. The molecule has 0 amide bonds. The van der Waals surface area contributed by atoms with Gasteiger partial charge < -0.3 is 11.1 Å². The molecular formula is C13H16N4S. The van der Waals surface area contributed by atoms with Crippen LogP contribution >= 0.6 is 11.3 Å². The van der Waals surface area contributed by atoms with E-state index in [2.05, 4.69) is 11.4 Å². The van der Waals surface area contributed by atoms with Crippen molar-refractivity contribution in [3.63, 3.8) is 0 Å². The molecule has 4 nitrogen and oxygen atoms in total. The van der Waals surface area contributed by atoms with E-state index in [1.165, 1.54) is 37.0 Å². The maximum absolute atomic E-state index is 9.12. The predicted octanol–water partition coefficient (Wildman–Crippen LogP) is 3.21. The third-order valence-electron chi connectivity index (χ3n) is 3.35. The lowest BCUT2D eigenvalue weighted by Crippen LogP contribution is -2.18. The minimum atomic E-state index is 0.320. The molecule has 1 aromatic heterocycles. The van der Waals surface area contributed by atoms with Gasteiger partial charge in [0.25, 0.3) is 0 Å². The number of nitriles is 2. The molecule has 0 aromatic carbocycles. The average Bonchev–Trinajstić information content (AvgIpc) is 2.57. The van der Waals surface area contributed by atoms with E-state index in [0.717, 1.165) is 17.8 Å². The van der Waals surface area contributed by atoms with Crippen LogP contribution in [0.3, 0.4) is 0 Å². The molecule has 94 valence electrons. The minimum Gasteiger partial charge on any atom is -0.396 e. The van der Waals surface area contributed by atoms with Gasteiger partial charge in [0.2, 0.25) is 0 Å². The van der Waals surface area contributed by atoms with Gasteiger partial charge in [0.15, 0.2) is 0 Å². The summed E-state index contributed by atoms with van der Waals surface area (Å²) >= 11 is 1.29. The van der Waals surface area contributed by atoms with Crippen molar-refractivity contribution in [3.8, 4) is 12.1 Å². The largest absolute Gasteiger partial charge is 0.396 e. The predicted molar refractivity (Wildman–Crippen MR) is 73.3 cm³/mol. The van der Waals surface area contributed by atoms with Crippen molar-refractivity contribution < 1.29 is 0 Å². The fraction of sp³-hybridized carbons (Fsp3) is 0.538. The van der Waals surface area contributed by atoms with E-state index in [9.17, 15) is 0 Å². The molecule has 0 atom stereocenters. The van der Waals surface area contributed by atoms with Gasteiger partial charge in [-0.15, -0.1) is 11.3 Å². The van der Waals surface area contributed by atoms with Crippen molar-refractivity contribution in [2.24, 2.45) is 0 Å². The Bertz CT molecular complexity index is 498. The van der Waals surface area contributed by atoms with Crippen LogP contribution in [0.15, 0.2) is 0 Å². The molecule has 18 heavy (non-hydrogen) atoms. The molecule has 0 aliphatic heterocycles. The Morgan fingerprint density at radius 2 is 1.78 bits per heavy atom. The molecule has 5 heteroatoms. The lowest BCUT2D eigenvalue weighted by molar-refractivity contribution is 0.621. The van der Waals surface area contributed by atoms with E-state index < -0.39 is 0 Å². The topological polar surface area (TPSA) is 85.6 Å². The minimum absolute atomic E-state index is 0.320. The molecule has 0 saturated heterocycles. The molecule has 1 aliphatic rings. The van der Waals surface area contributed by atoms with E-state index in [0.29, 0.717) is 22.2 Å². The fourth-order valence-electron chi connectivity index (χ4n) is 2.35. The van der Waals surface area contributed by atoms with Gasteiger partial charge in [0.05, 0.1) is 5.69 Å². The van der Waals surface area contributed by atoms with Crippen LogP contribution in [0.2, 0.25) is 0 Å². The highest BCUT2D eigenvalue weighted by molar-refractivity contribution is 7.17. The summed E-state index contributed by atoms with van der Waals surface area (Å²) < 4.78 is 0. The number of nitrogen functional groups attached to an aromatic ring is 1. The highest BCUT2D eigenvalue weighted by Crippen LogP contribution is 2.36. The summed E-state index contributed by atoms with van der Waals surface area (Å²) in [5.74, 6) is 0. The van der Waals surface area contributed by atoms with Gasteiger partial charge in [-0.25, -0.2) is 0 Å². The van der Waals surface area contributed by atoms with Crippen LogP contribution in [0.5, 0.6) is 0 Å². The van der Waals surface area contributed by atoms with Gasteiger partial charge in [-0.05, 0) is 12.8 Å². The zero-order chi connectivity index (χ0) is 13.0. The maximum Gasteiger partial charge on any atom is 0.131 e. The summed E-state index contributed by atoms with van der Waals surface area (Å²) in [6.07, 6.45) is 7.30. The number of rotatable bonds is 2. The smallest absolute Gasteiger partial charge is 0.131 e. The van der Waals surface area contributed by atoms with Crippen molar-refractivity contribution in [1.82, 2.24) is 0 Å². The standard InChI is InChI=1S/C13H16N4S/c14-7-10-12(16)11(8-15)18-13(10)17-9-5-3-1-2-4-6-9/h9,17H,1-6,16H2. The molecule has 1 heterocycles. The Morgan fingerprint density at radius 3 is 2.33 bits per heavy atom. The van der Waals surface area contributed by atoms with Crippen molar-refractivity contribution in [2.75, 3.05) is 11.1 Å². The first kappa shape index (κ1) is 12.7. The van der Waals surface area contributed by atoms with Crippen molar-refractivity contribution in [1.29, 1.82) is 10.5 Å². The lowest BCUT2D eigenvalue weighted by Gasteiger charge is -2.16. The monoisotopic (exact) mass is 260 g/mol. The Morgan fingerprint density at radius 1 is 1.11 bits per heavy atom. The first-order valence-corrected chi connectivity index (χ1v) is 7.07. The van der Waals surface area contributed by atoms with Gasteiger partial charge in [-0.3, -0.25) is 0 Å². The quantitative estimate of drug-likeness (QED) is 0.799. The number of thiophene rings is 1. The second-order valence-electron chi connectivity index (χ2n) is 4.61. The molecule has 2 rings (SSSR count). The number of anilines is 2. The van der Waals surface area contributed by atoms with Crippen LogP contribution in [0.4, 0.5) is 10.7 Å². The van der Waals surface area contributed by atoms with E-state index in [1.807, 2.05) is 6.07 Å². The van der Waals surface area contributed by atoms with Crippen LogP contribution in [0, 0.1) is 22.7 Å². The summed E-state index contributed by atoms with van der Waals surface area (Å²) in [5.41, 5.74) is 6.54. The van der Waals surface area contributed by atoms with Gasteiger partial charge in [0.1, 0.15) is 27.6 Å². The molecular weight excluding hydrogens is 244 g/mol. The fourth-order valence-corrected chi connectivity index (χ4v) is 3.29. The number of hydrogen-bond donors (Lipinski definition) is 2. The zero-order valence-electron chi connectivity index (χ0n) is 10.2. The normalized spacial score (nSPS) is 16.6. The highest BCUT2D eigenvalue weighted by Gasteiger charge is 2.19. The van der Waals surface area contributed by atoms with Crippen LogP contribution < -0.4 is 11.1 Å². The second kappa shape index (κ2) is 5.75. The molecule has 1 aliphatic carbocycles. The third kappa shape index (κ3) is 2.57. The van der Waals surface area contributed by atoms with Crippen molar-refractivity contribution >= 4 is 22.0 Å². The Balaban J connectivity index is 2.18. The molecule has 0 radical (unpaired) electrons. The first-order chi connectivity index (χ1) is 8.76. The maximum atomic E-state index is 9.12. The number of nitrogens with one attached hydrogen (secondary N) is 1. The Labute approximate surface area is 111 Å². The van der Waals surface area contributed by atoms with E-state index in [4.69, 9.17) is 16.3 Å². The number of nitrogens with zero attached hydrogens (tertiary/aromatic N) is 2. The molecule has 1 fully saturated rings. The van der Waals surface area contributed by atoms with Crippen molar-refractivity contribution in [2.45, 2.75) is 44.6 Å².